The Morgan fingerprint density at radius 1 is 0.300 bits per heavy atom. The van der Waals surface area contributed by atoms with Crippen molar-refractivity contribution >= 4 is 23.9 Å². The molecule has 0 radical (unpaired) electrons. The molecule has 4 unspecified atom stereocenters. The van der Waals surface area contributed by atoms with Gasteiger partial charge in [0.2, 0.25) is 0 Å². The standard InChI is InChI=1S/C68H64O12/c1-5-21-45-49-33-50(58(70)37-57(49)69)46(22-6-2)55-36-56(64(80-68(76)44-31-19-12-20-32-44)40-63(55)79-67(75)43-29-17-11-18-30-43)48(24-8-4)52-34-51(59(71)38-60(52)72)47(23-7-3)54-35-53(45)61(77-65(73)41-25-13-9-14-26-41)39-62(54)78-66(74)42-27-15-10-16-28-42/h9-20,25-40,45-48,69-72H,5-8,21-24H2,1-4H3. The summed E-state index contributed by atoms with van der Waals surface area (Å²) in [6.07, 6.45) is 3.68. The normalized spacial score (nSPS) is 15.6. The lowest BCUT2D eigenvalue weighted by atomic mass is 9.76. The molecule has 4 N–H and O–H groups in total. The average molecular weight is 1070 g/mol. The molecule has 8 aromatic rings. The SMILES string of the molecule is CCCC1c2cc(c(O)cc2O)C(CCC)c2cc(c(OC(=O)c3ccccc3)cc2OC(=O)c2ccccc2)C(CCC)c2cc(c(O)cc2O)C(CCC)c2cc1c(OC(=O)c1ccccc1)cc2OC(=O)c1ccccc1. The number of rotatable bonds is 16. The summed E-state index contributed by atoms with van der Waals surface area (Å²) in [5.74, 6) is -6.74. The number of esters is 4. The molecular formula is C68H64O12. The number of aromatic hydroxyl groups is 4. The van der Waals surface area contributed by atoms with Gasteiger partial charge in [-0.3, -0.25) is 0 Å². The number of benzene rings is 8. The summed E-state index contributed by atoms with van der Waals surface area (Å²) in [5, 5.41) is 49.0. The number of hydrogen-bond acceptors (Lipinski definition) is 12. The molecule has 12 nitrogen and oxygen atoms in total. The molecule has 1 aliphatic carbocycles. The number of fused-ring (bicyclic) bond motifs is 8. The molecule has 9 rings (SSSR count). The predicted octanol–water partition coefficient (Wildman–Crippen LogP) is 15.4. The van der Waals surface area contributed by atoms with Crippen LogP contribution >= 0.6 is 0 Å². The van der Waals surface area contributed by atoms with Crippen LogP contribution in [0.2, 0.25) is 0 Å². The third-order valence-electron chi connectivity index (χ3n) is 14.8. The van der Waals surface area contributed by atoms with Gasteiger partial charge in [-0.1, -0.05) is 126 Å². The Morgan fingerprint density at radius 2 is 0.500 bits per heavy atom. The summed E-state index contributed by atoms with van der Waals surface area (Å²) in [7, 11) is 0. The molecule has 0 amide bonds. The maximum atomic E-state index is 14.3. The van der Waals surface area contributed by atoms with Crippen molar-refractivity contribution in [3.63, 3.8) is 0 Å². The Hall–Kier alpha value is -9.16. The Kier molecular flexibility index (Phi) is 17.4. The van der Waals surface area contributed by atoms with Gasteiger partial charge in [0.25, 0.3) is 0 Å². The van der Waals surface area contributed by atoms with Crippen LogP contribution in [0.3, 0.4) is 0 Å². The van der Waals surface area contributed by atoms with Crippen LogP contribution in [0.25, 0.3) is 0 Å². The van der Waals surface area contributed by atoms with Crippen molar-refractivity contribution in [3.05, 3.63) is 237 Å². The van der Waals surface area contributed by atoms with E-state index in [2.05, 4.69) is 0 Å². The molecule has 12 heteroatoms. The van der Waals surface area contributed by atoms with E-state index in [9.17, 15) is 39.6 Å². The highest BCUT2D eigenvalue weighted by atomic mass is 16.6. The topological polar surface area (TPSA) is 186 Å². The molecule has 0 saturated carbocycles. The molecule has 8 aromatic carbocycles. The van der Waals surface area contributed by atoms with Gasteiger partial charge in [0.1, 0.15) is 46.0 Å². The maximum Gasteiger partial charge on any atom is 0.343 e. The van der Waals surface area contributed by atoms with Crippen molar-refractivity contribution < 1.29 is 58.6 Å². The molecular weight excluding hydrogens is 1010 g/mol. The zero-order valence-electron chi connectivity index (χ0n) is 45.2. The fraction of sp³-hybridized carbons (Fsp3) is 0.235. The zero-order valence-corrected chi connectivity index (χ0v) is 45.2. The van der Waals surface area contributed by atoms with E-state index in [1.807, 2.05) is 39.8 Å². The molecule has 80 heavy (non-hydrogen) atoms. The molecule has 0 aliphatic heterocycles. The van der Waals surface area contributed by atoms with Crippen molar-refractivity contribution in [1.82, 2.24) is 0 Å². The van der Waals surface area contributed by atoms with Crippen LogP contribution in [0, 0.1) is 0 Å². The van der Waals surface area contributed by atoms with E-state index in [-0.39, 0.29) is 68.2 Å². The van der Waals surface area contributed by atoms with Crippen LogP contribution in [-0.2, 0) is 0 Å². The predicted molar refractivity (Wildman–Crippen MR) is 305 cm³/mol. The Morgan fingerprint density at radius 3 is 0.700 bits per heavy atom. The van der Waals surface area contributed by atoms with E-state index >= 15 is 0 Å². The van der Waals surface area contributed by atoms with Gasteiger partial charge in [-0.2, -0.15) is 0 Å². The lowest BCUT2D eigenvalue weighted by Gasteiger charge is -2.30. The third-order valence-corrected chi connectivity index (χ3v) is 14.8. The van der Waals surface area contributed by atoms with E-state index in [1.54, 1.807) is 133 Å². The summed E-state index contributed by atoms with van der Waals surface area (Å²) in [5.41, 5.74) is 4.21. The highest BCUT2D eigenvalue weighted by Crippen LogP contribution is 2.53. The van der Waals surface area contributed by atoms with Crippen molar-refractivity contribution in [2.75, 3.05) is 0 Å². The number of carbonyl (C=O) groups excluding carboxylic acids is 4. The van der Waals surface area contributed by atoms with Crippen molar-refractivity contribution in [3.8, 4) is 46.0 Å². The third kappa shape index (κ3) is 11.9. The number of ether oxygens (including phenoxy) is 4. The molecule has 0 spiro atoms. The summed E-state index contributed by atoms with van der Waals surface area (Å²) in [4.78, 5) is 57.2. The second-order valence-electron chi connectivity index (χ2n) is 20.2. The van der Waals surface area contributed by atoms with E-state index in [4.69, 9.17) is 18.9 Å². The maximum absolute atomic E-state index is 14.3. The summed E-state index contributed by atoms with van der Waals surface area (Å²) < 4.78 is 25.6. The van der Waals surface area contributed by atoms with E-state index < -0.39 is 47.5 Å². The fourth-order valence-electron chi connectivity index (χ4n) is 11.0. The zero-order chi connectivity index (χ0) is 56.5. The number of phenolic OH excluding ortho intramolecular Hbond substituents is 4. The van der Waals surface area contributed by atoms with Gasteiger partial charge >= 0.3 is 23.9 Å². The van der Waals surface area contributed by atoms with E-state index in [0.29, 0.717) is 95.9 Å². The van der Waals surface area contributed by atoms with Crippen LogP contribution in [0.5, 0.6) is 46.0 Å². The van der Waals surface area contributed by atoms with Crippen LogP contribution in [0.1, 0.15) is 189 Å². The van der Waals surface area contributed by atoms with E-state index in [1.165, 1.54) is 24.3 Å². The summed E-state index contributed by atoms with van der Waals surface area (Å²) in [6, 6.07) is 46.5. The first-order chi connectivity index (χ1) is 38.8. The number of hydrogen-bond donors (Lipinski definition) is 4. The highest BCUT2D eigenvalue weighted by Gasteiger charge is 2.35. The van der Waals surface area contributed by atoms with Gasteiger partial charge in [0.05, 0.1) is 22.3 Å². The molecule has 0 aromatic heterocycles. The first kappa shape index (κ1) is 55.6. The quantitative estimate of drug-likeness (QED) is 0.0531. The molecule has 408 valence electrons. The molecule has 1 aliphatic rings. The minimum Gasteiger partial charge on any atom is -0.508 e. The molecule has 0 heterocycles. The Balaban J connectivity index is 1.40. The monoisotopic (exact) mass is 1070 g/mol. The van der Waals surface area contributed by atoms with Crippen molar-refractivity contribution in [2.24, 2.45) is 0 Å². The van der Waals surface area contributed by atoms with Gasteiger partial charge in [0, 0.05) is 92.4 Å². The minimum atomic E-state index is -0.767. The van der Waals surface area contributed by atoms with Gasteiger partial charge < -0.3 is 39.4 Å². The van der Waals surface area contributed by atoms with Gasteiger partial charge in [-0.05, 0) is 98.5 Å². The van der Waals surface area contributed by atoms with Crippen LogP contribution in [0.15, 0.2) is 170 Å². The second-order valence-corrected chi connectivity index (χ2v) is 20.2. The molecule has 0 saturated heterocycles. The van der Waals surface area contributed by atoms with Gasteiger partial charge in [-0.25, -0.2) is 19.2 Å². The van der Waals surface area contributed by atoms with Crippen LogP contribution in [-0.4, -0.2) is 44.3 Å². The van der Waals surface area contributed by atoms with Crippen molar-refractivity contribution in [2.45, 2.75) is 103 Å². The van der Waals surface area contributed by atoms with Crippen LogP contribution < -0.4 is 18.9 Å². The highest BCUT2D eigenvalue weighted by molar-refractivity contribution is 5.94. The van der Waals surface area contributed by atoms with Crippen molar-refractivity contribution in [1.29, 1.82) is 0 Å². The number of phenols is 4. The summed E-state index contributed by atoms with van der Waals surface area (Å²) in [6.45, 7) is 7.92. The second kappa shape index (κ2) is 25.1. The fourth-order valence-corrected chi connectivity index (χ4v) is 11.0. The molecule has 4 atom stereocenters. The lowest BCUT2D eigenvalue weighted by Crippen LogP contribution is -2.17. The Labute approximate surface area is 465 Å². The number of carbonyl (C=O) groups is 4. The summed E-state index contributed by atoms with van der Waals surface area (Å²) >= 11 is 0. The lowest BCUT2D eigenvalue weighted by molar-refractivity contribution is 0.0711. The average Bonchev–Trinajstić information content (AvgIpc) is 3.55. The van der Waals surface area contributed by atoms with Gasteiger partial charge in [-0.15, -0.1) is 0 Å². The smallest absolute Gasteiger partial charge is 0.343 e. The minimum absolute atomic E-state index is 0.0337. The molecule has 8 bridgehead atoms. The van der Waals surface area contributed by atoms with Gasteiger partial charge in [0.15, 0.2) is 0 Å². The molecule has 0 fully saturated rings. The first-order valence-corrected chi connectivity index (χ1v) is 27.4. The van der Waals surface area contributed by atoms with E-state index in [0.717, 1.165) is 0 Å². The first-order valence-electron chi connectivity index (χ1n) is 27.4. The van der Waals surface area contributed by atoms with Crippen LogP contribution in [0.4, 0.5) is 0 Å². The Bertz CT molecular complexity index is 3070. The largest absolute Gasteiger partial charge is 0.508 e.